The summed E-state index contributed by atoms with van der Waals surface area (Å²) < 4.78 is 12.6. The lowest BCUT2D eigenvalue weighted by molar-refractivity contribution is 0.403. The normalized spacial score (nSPS) is 12.4. The molecule has 0 saturated carbocycles. The van der Waals surface area contributed by atoms with Gasteiger partial charge < -0.3 is 14.5 Å². The zero-order chi connectivity index (χ0) is 14.5. The Hall–Kier alpha value is -0.780. The van der Waals surface area contributed by atoms with Crippen LogP contribution in [0.1, 0.15) is 30.5 Å². The molecule has 1 atom stereocenters. The number of ether oxygens (including phenoxy) is 1. The van der Waals surface area contributed by atoms with Crippen LogP contribution in [0.5, 0.6) is 5.75 Å². The number of hydrogen-bond acceptors (Lipinski definition) is 3. The van der Waals surface area contributed by atoms with Crippen LogP contribution in [-0.4, -0.2) is 13.7 Å². The predicted molar refractivity (Wildman–Crippen MR) is 87.2 cm³/mol. The van der Waals surface area contributed by atoms with Crippen LogP contribution >= 0.6 is 31.9 Å². The smallest absolute Gasteiger partial charge is 0.174 e. The average Bonchev–Trinajstić information content (AvgIpc) is 2.86. The molecule has 1 unspecified atom stereocenters. The third kappa shape index (κ3) is 3.45. The van der Waals surface area contributed by atoms with Gasteiger partial charge in [-0.3, -0.25) is 0 Å². The van der Waals surface area contributed by atoms with Gasteiger partial charge in [-0.25, -0.2) is 0 Å². The molecule has 0 radical (unpaired) electrons. The molecule has 2 aromatic rings. The van der Waals surface area contributed by atoms with Crippen molar-refractivity contribution in [1.29, 1.82) is 0 Å². The van der Waals surface area contributed by atoms with Crippen LogP contribution in [0.3, 0.4) is 0 Å². The number of rotatable bonds is 6. The van der Waals surface area contributed by atoms with Gasteiger partial charge in [0.2, 0.25) is 0 Å². The van der Waals surface area contributed by atoms with E-state index in [9.17, 15) is 0 Å². The maximum absolute atomic E-state index is 5.49. The Morgan fingerprint density at radius 2 is 2.05 bits per heavy atom. The molecule has 0 fully saturated rings. The highest BCUT2D eigenvalue weighted by molar-refractivity contribution is 9.10. The maximum Gasteiger partial charge on any atom is 0.174 e. The Morgan fingerprint density at radius 3 is 2.65 bits per heavy atom. The van der Waals surface area contributed by atoms with Crippen molar-refractivity contribution >= 4 is 31.9 Å². The minimum atomic E-state index is 0.0236. The Balaban J connectivity index is 2.46. The van der Waals surface area contributed by atoms with Crippen LogP contribution < -0.4 is 10.1 Å². The molecule has 0 bridgehead atoms. The average molecular weight is 403 g/mol. The highest BCUT2D eigenvalue weighted by Gasteiger charge is 2.21. The van der Waals surface area contributed by atoms with Crippen LogP contribution in [-0.2, 0) is 0 Å². The van der Waals surface area contributed by atoms with Crippen molar-refractivity contribution in [1.82, 2.24) is 5.32 Å². The Labute approximate surface area is 136 Å². The third-order valence-corrected chi connectivity index (χ3v) is 4.20. The maximum atomic E-state index is 5.49. The summed E-state index contributed by atoms with van der Waals surface area (Å²) in [5.41, 5.74) is 2.15. The molecule has 3 nitrogen and oxygen atoms in total. The molecule has 108 valence electrons. The second-order valence-corrected chi connectivity index (χ2v) is 6.06. The van der Waals surface area contributed by atoms with Crippen molar-refractivity contribution in [3.63, 3.8) is 0 Å². The van der Waals surface area contributed by atoms with Crippen molar-refractivity contribution in [3.8, 4) is 5.75 Å². The van der Waals surface area contributed by atoms with Crippen LogP contribution in [0.2, 0.25) is 0 Å². The van der Waals surface area contributed by atoms with Gasteiger partial charge in [-0.2, -0.15) is 0 Å². The molecule has 1 heterocycles. The van der Waals surface area contributed by atoms with Crippen LogP contribution in [0.15, 0.2) is 44.1 Å². The first kappa shape index (κ1) is 15.6. The number of hydrogen-bond donors (Lipinski definition) is 1. The minimum absolute atomic E-state index is 0.0236. The van der Waals surface area contributed by atoms with E-state index in [2.05, 4.69) is 50.2 Å². The summed E-state index contributed by atoms with van der Waals surface area (Å²) >= 11 is 6.99. The highest BCUT2D eigenvalue weighted by atomic mass is 79.9. The van der Waals surface area contributed by atoms with Gasteiger partial charge in [-0.1, -0.05) is 22.9 Å². The molecular formula is C15H17Br2NO2. The zero-order valence-corrected chi connectivity index (χ0v) is 14.6. The van der Waals surface area contributed by atoms with Gasteiger partial charge in [0.05, 0.1) is 19.4 Å². The number of furan rings is 1. The van der Waals surface area contributed by atoms with E-state index in [0.29, 0.717) is 0 Å². The number of methoxy groups -OCH3 is 1. The van der Waals surface area contributed by atoms with Crippen molar-refractivity contribution in [2.75, 3.05) is 13.7 Å². The number of benzene rings is 1. The molecule has 1 aromatic heterocycles. The highest BCUT2D eigenvalue weighted by Crippen LogP contribution is 2.35. The van der Waals surface area contributed by atoms with Gasteiger partial charge in [0, 0.05) is 15.6 Å². The summed E-state index contributed by atoms with van der Waals surface area (Å²) in [5, 5.41) is 3.54. The van der Waals surface area contributed by atoms with Gasteiger partial charge in [0.25, 0.3) is 0 Å². The SMILES string of the molecule is CCCNC(c1cc(Br)ccc1OC)c1ccoc1Br. The summed E-state index contributed by atoms with van der Waals surface area (Å²) in [6.45, 7) is 3.06. The summed E-state index contributed by atoms with van der Waals surface area (Å²) in [5.74, 6) is 0.856. The van der Waals surface area contributed by atoms with Crippen LogP contribution in [0.25, 0.3) is 0 Å². The molecule has 1 aromatic carbocycles. The minimum Gasteiger partial charge on any atom is -0.496 e. The summed E-state index contributed by atoms with van der Waals surface area (Å²) in [4.78, 5) is 0. The Bertz CT molecular complexity index is 569. The lowest BCUT2D eigenvalue weighted by Gasteiger charge is -2.21. The van der Waals surface area contributed by atoms with E-state index in [1.54, 1.807) is 13.4 Å². The summed E-state index contributed by atoms with van der Waals surface area (Å²) in [6.07, 6.45) is 2.74. The molecule has 20 heavy (non-hydrogen) atoms. The molecule has 0 saturated heterocycles. The fraction of sp³-hybridized carbons (Fsp3) is 0.333. The van der Waals surface area contributed by atoms with E-state index in [0.717, 1.165) is 39.0 Å². The quantitative estimate of drug-likeness (QED) is 0.745. The van der Waals surface area contributed by atoms with Gasteiger partial charge in [0.1, 0.15) is 5.75 Å². The van der Waals surface area contributed by atoms with E-state index in [1.807, 2.05) is 18.2 Å². The molecule has 0 aliphatic rings. The van der Waals surface area contributed by atoms with Crippen molar-refractivity contribution < 1.29 is 9.15 Å². The predicted octanol–water partition coefficient (Wildman–Crippen LogP) is 4.90. The fourth-order valence-electron chi connectivity index (χ4n) is 2.12. The lowest BCUT2D eigenvalue weighted by atomic mass is 10.00. The first-order chi connectivity index (χ1) is 9.67. The van der Waals surface area contributed by atoms with Crippen molar-refractivity contribution in [2.45, 2.75) is 19.4 Å². The van der Waals surface area contributed by atoms with Gasteiger partial charge in [-0.05, 0) is 53.2 Å². The van der Waals surface area contributed by atoms with E-state index in [1.165, 1.54) is 0 Å². The van der Waals surface area contributed by atoms with Gasteiger partial charge in [-0.15, -0.1) is 0 Å². The Morgan fingerprint density at radius 1 is 1.25 bits per heavy atom. The summed E-state index contributed by atoms with van der Waals surface area (Å²) in [6, 6.07) is 8.01. The lowest BCUT2D eigenvalue weighted by Crippen LogP contribution is -2.23. The first-order valence-electron chi connectivity index (χ1n) is 6.47. The second-order valence-electron chi connectivity index (χ2n) is 4.42. The topological polar surface area (TPSA) is 34.4 Å². The second kappa shape index (κ2) is 7.29. The number of halogens is 2. The van der Waals surface area contributed by atoms with Gasteiger partial charge >= 0.3 is 0 Å². The van der Waals surface area contributed by atoms with Crippen molar-refractivity contribution in [2.24, 2.45) is 0 Å². The standard InChI is InChI=1S/C15H17Br2NO2/c1-3-7-18-14(11-6-8-20-15(11)17)12-9-10(16)4-5-13(12)19-2/h4-6,8-9,14,18H,3,7H2,1-2H3. The molecule has 5 heteroatoms. The largest absolute Gasteiger partial charge is 0.496 e. The van der Waals surface area contributed by atoms with Crippen LogP contribution in [0.4, 0.5) is 0 Å². The number of nitrogens with one attached hydrogen (secondary N) is 1. The van der Waals surface area contributed by atoms with Crippen LogP contribution in [0, 0.1) is 0 Å². The Kier molecular flexibility index (Phi) is 5.69. The molecule has 0 aliphatic heterocycles. The monoisotopic (exact) mass is 401 g/mol. The fourth-order valence-corrected chi connectivity index (χ4v) is 2.97. The van der Waals surface area contributed by atoms with Gasteiger partial charge in [0.15, 0.2) is 4.67 Å². The zero-order valence-electron chi connectivity index (χ0n) is 11.5. The van der Waals surface area contributed by atoms with Crippen molar-refractivity contribution in [3.05, 3.63) is 50.8 Å². The van der Waals surface area contributed by atoms with E-state index >= 15 is 0 Å². The third-order valence-electron chi connectivity index (χ3n) is 3.06. The summed E-state index contributed by atoms with van der Waals surface area (Å²) in [7, 11) is 1.69. The van der Waals surface area contributed by atoms with E-state index in [-0.39, 0.29) is 6.04 Å². The molecule has 0 aliphatic carbocycles. The molecule has 0 spiro atoms. The van der Waals surface area contributed by atoms with E-state index < -0.39 is 0 Å². The molecule has 2 rings (SSSR count). The molecule has 1 N–H and O–H groups in total. The molecule has 0 amide bonds. The van der Waals surface area contributed by atoms with E-state index in [4.69, 9.17) is 9.15 Å². The first-order valence-corrected chi connectivity index (χ1v) is 8.05. The molecular weight excluding hydrogens is 386 g/mol.